The summed E-state index contributed by atoms with van der Waals surface area (Å²) in [6.45, 7) is 3.15. The van der Waals surface area contributed by atoms with Crippen molar-refractivity contribution < 1.29 is 19.1 Å². The van der Waals surface area contributed by atoms with Crippen molar-refractivity contribution >= 4 is 30.0 Å². The van der Waals surface area contributed by atoms with E-state index in [1.54, 1.807) is 12.3 Å². The molecule has 6 rings (SSSR count). The first-order valence-electron chi connectivity index (χ1n) is 13.3. The molecule has 1 N–H and O–H groups in total. The monoisotopic (exact) mass is 551 g/mol. The number of carbonyl (C=O) groups is 2. The highest BCUT2D eigenvalue weighted by molar-refractivity contribution is 7.99. The Hall–Kier alpha value is -4.14. The molecule has 4 aromatic rings. The average molecular weight is 552 g/mol. The fourth-order valence-electron chi connectivity index (χ4n) is 5.37. The Kier molecular flexibility index (Phi) is 7.79. The molecular weight excluding hydrogens is 522 g/mol. The van der Waals surface area contributed by atoms with Crippen LogP contribution in [0.4, 0.5) is 10.6 Å². The van der Waals surface area contributed by atoms with Crippen LogP contribution in [0.5, 0.6) is 0 Å². The van der Waals surface area contributed by atoms with E-state index in [2.05, 4.69) is 39.5 Å². The van der Waals surface area contributed by atoms with Gasteiger partial charge in [-0.1, -0.05) is 78.5 Å². The van der Waals surface area contributed by atoms with Gasteiger partial charge in [-0.15, -0.1) is 0 Å². The van der Waals surface area contributed by atoms with Gasteiger partial charge in [0.25, 0.3) is 0 Å². The minimum absolute atomic E-state index is 0.00795. The second-order valence-corrected chi connectivity index (χ2v) is 10.7. The van der Waals surface area contributed by atoms with Gasteiger partial charge in [0.1, 0.15) is 12.4 Å². The number of alkyl carbamates (subject to hydrolysis) is 1. The third-order valence-corrected chi connectivity index (χ3v) is 8.51. The van der Waals surface area contributed by atoms with Gasteiger partial charge in [0, 0.05) is 46.1 Å². The second-order valence-electron chi connectivity index (χ2n) is 9.65. The largest absolute Gasteiger partial charge is 0.449 e. The number of amides is 1. The number of hydrogen-bond donors (Lipinski definition) is 1. The second kappa shape index (κ2) is 11.9. The van der Waals surface area contributed by atoms with Crippen molar-refractivity contribution in [2.75, 3.05) is 37.8 Å². The number of fused-ring (bicyclic) bond motifs is 3. The van der Waals surface area contributed by atoms with E-state index in [9.17, 15) is 9.59 Å². The molecule has 1 amide bonds. The Balaban J connectivity index is 1.20. The zero-order chi connectivity index (χ0) is 27.3. The minimum Gasteiger partial charge on any atom is -0.449 e. The predicted molar refractivity (Wildman–Crippen MR) is 155 cm³/mol. The van der Waals surface area contributed by atoms with Crippen LogP contribution in [0.2, 0.25) is 0 Å². The number of rotatable bonds is 8. The molecule has 1 aliphatic carbocycles. The van der Waals surface area contributed by atoms with Crippen molar-refractivity contribution in [3.8, 4) is 11.1 Å². The molecule has 0 unspecified atom stereocenters. The standard InChI is InChI=1S/C32H29N3O4S/c36-20-22-7-1-6-12-29(22)40-30-13-14-33-31(35-15-17-38-18-16-35)27(30)19-34-32(37)39-21-28-25-10-4-2-8-23(25)24-9-3-5-11-26(24)28/h1-14,20,28H,15-19,21H2,(H,34,37). The molecule has 7 nitrogen and oxygen atoms in total. The van der Waals surface area contributed by atoms with E-state index in [0.29, 0.717) is 31.9 Å². The maximum absolute atomic E-state index is 13.0. The molecule has 1 aromatic heterocycles. The SMILES string of the molecule is O=Cc1ccccc1Sc1ccnc(N2CCOCC2)c1CNC(=O)OCC1c2ccccc2-c2ccccc21. The van der Waals surface area contributed by atoms with E-state index in [0.717, 1.165) is 27.5 Å². The van der Waals surface area contributed by atoms with Crippen LogP contribution in [0.25, 0.3) is 11.1 Å². The quantitative estimate of drug-likeness (QED) is 0.272. The van der Waals surface area contributed by atoms with Crippen molar-refractivity contribution in [2.24, 2.45) is 0 Å². The minimum atomic E-state index is -0.483. The summed E-state index contributed by atoms with van der Waals surface area (Å²) in [5.41, 5.74) is 6.22. The summed E-state index contributed by atoms with van der Waals surface area (Å²) in [7, 11) is 0. The van der Waals surface area contributed by atoms with Crippen LogP contribution >= 0.6 is 11.8 Å². The summed E-state index contributed by atoms with van der Waals surface area (Å²) >= 11 is 1.49. The first-order chi connectivity index (χ1) is 19.7. The lowest BCUT2D eigenvalue weighted by molar-refractivity contribution is 0.112. The fourth-order valence-corrected chi connectivity index (χ4v) is 6.41. The molecular formula is C32H29N3O4S. The summed E-state index contributed by atoms with van der Waals surface area (Å²) in [4.78, 5) is 33.3. The molecule has 8 heteroatoms. The number of pyridine rings is 1. The van der Waals surface area contributed by atoms with Gasteiger partial charge >= 0.3 is 6.09 Å². The highest BCUT2D eigenvalue weighted by Crippen LogP contribution is 2.44. The number of aromatic nitrogens is 1. The number of aldehydes is 1. The maximum Gasteiger partial charge on any atom is 0.407 e. The van der Waals surface area contributed by atoms with Gasteiger partial charge in [-0.25, -0.2) is 9.78 Å². The topological polar surface area (TPSA) is 80.8 Å². The maximum atomic E-state index is 13.0. The van der Waals surface area contributed by atoms with Crippen LogP contribution in [-0.4, -0.2) is 50.3 Å². The lowest BCUT2D eigenvalue weighted by Crippen LogP contribution is -2.38. The van der Waals surface area contributed by atoms with Gasteiger partial charge in [-0.2, -0.15) is 0 Å². The molecule has 2 heterocycles. The number of nitrogens with one attached hydrogen (secondary N) is 1. The van der Waals surface area contributed by atoms with Gasteiger partial charge < -0.3 is 19.7 Å². The molecule has 1 aliphatic heterocycles. The van der Waals surface area contributed by atoms with Crippen LogP contribution in [0.3, 0.4) is 0 Å². The summed E-state index contributed by atoms with van der Waals surface area (Å²) in [5.74, 6) is 0.794. The summed E-state index contributed by atoms with van der Waals surface area (Å²) in [6, 6.07) is 26.0. The summed E-state index contributed by atoms with van der Waals surface area (Å²) in [5, 5.41) is 2.96. The Labute approximate surface area is 237 Å². The first kappa shape index (κ1) is 26.1. The van der Waals surface area contributed by atoms with E-state index < -0.39 is 6.09 Å². The molecule has 0 atom stereocenters. The highest BCUT2D eigenvalue weighted by atomic mass is 32.2. The number of carbonyl (C=O) groups excluding carboxylic acids is 2. The number of morpholine rings is 1. The molecule has 40 heavy (non-hydrogen) atoms. The third kappa shape index (κ3) is 5.33. The Morgan fingerprint density at radius 1 is 0.950 bits per heavy atom. The number of nitrogens with zero attached hydrogens (tertiary/aromatic N) is 2. The van der Waals surface area contributed by atoms with Gasteiger partial charge in [-0.05, 0) is 34.4 Å². The Morgan fingerprint density at radius 3 is 2.35 bits per heavy atom. The van der Waals surface area contributed by atoms with E-state index in [4.69, 9.17) is 9.47 Å². The average Bonchev–Trinajstić information content (AvgIpc) is 3.33. The normalized spacial score (nSPS) is 14.3. The number of hydrogen-bond acceptors (Lipinski definition) is 7. The Bertz CT molecular complexity index is 1490. The number of ether oxygens (including phenoxy) is 2. The molecule has 2 aliphatic rings. The van der Waals surface area contributed by atoms with Crippen LogP contribution in [0, 0.1) is 0 Å². The molecule has 0 spiro atoms. The Morgan fingerprint density at radius 2 is 1.62 bits per heavy atom. The van der Waals surface area contributed by atoms with Crippen LogP contribution in [0.1, 0.15) is 33.0 Å². The number of anilines is 1. The van der Waals surface area contributed by atoms with Gasteiger partial charge in [0.15, 0.2) is 6.29 Å². The van der Waals surface area contributed by atoms with E-state index >= 15 is 0 Å². The summed E-state index contributed by atoms with van der Waals surface area (Å²) in [6.07, 6.45) is 2.15. The third-order valence-electron chi connectivity index (χ3n) is 7.32. The molecule has 3 aromatic carbocycles. The molecule has 0 radical (unpaired) electrons. The zero-order valence-corrected chi connectivity index (χ0v) is 22.7. The zero-order valence-electron chi connectivity index (χ0n) is 21.9. The van der Waals surface area contributed by atoms with Gasteiger partial charge in [-0.3, -0.25) is 4.79 Å². The van der Waals surface area contributed by atoms with Crippen molar-refractivity contribution in [1.82, 2.24) is 10.3 Å². The molecule has 1 fully saturated rings. The van der Waals surface area contributed by atoms with Crippen molar-refractivity contribution in [3.05, 3.63) is 107 Å². The van der Waals surface area contributed by atoms with Crippen LogP contribution in [0.15, 0.2) is 94.9 Å². The van der Waals surface area contributed by atoms with Crippen LogP contribution in [-0.2, 0) is 16.0 Å². The van der Waals surface area contributed by atoms with Crippen molar-refractivity contribution in [2.45, 2.75) is 22.3 Å². The number of benzene rings is 3. The van der Waals surface area contributed by atoms with Gasteiger partial charge in [0.2, 0.25) is 0 Å². The molecule has 1 saturated heterocycles. The lowest BCUT2D eigenvalue weighted by Gasteiger charge is -2.30. The lowest BCUT2D eigenvalue weighted by atomic mass is 9.98. The first-order valence-corrected chi connectivity index (χ1v) is 14.2. The van der Waals surface area contributed by atoms with E-state index in [1.807, 2.05) is 48.5 Å². The van der Waals surface area contributed by atoms with Crippen molar-refractivity contribution in [1.29, 1.82) is 0 Å². The summed E-state index contributed by atoms with van der Waals surface area (Å²) < 4.78 is 11.3. The van der Waals surface area contributed by atoms with Gasteiger partial charge in [0.05, 0.1) is 19.8 Å². The van der Waals surface area contributed by atoms with Crippen molar-refractivity contribution in [3.63, 3.8) is 0 Å². The van der Waals surface area contributed by atoms with E-state index in [-0.39, 0.29) is 19.1 Å². The molecule has 0 saturated carbocycles. The predicted octanol–water partition coefficient (Wildman–Crippen LogP) is 5.92. The molecule has 0 bridgehead atoms. The smallest absolute Gasteiger partial charge is 0.407 e. The highest BCUT2D eigenvalue weighted by Gasteiger charge is 2.29. The van der Waals surface area contributed by atoms with Crippen LogP contribution < -0.4 is 10.2 Å². The molecule has 202 valence electrons. The van der Waals surface area contributed by atoms with E-state index in [1.165, 1.54) is 34.0 Å². The fraction of sp³-hybridized carbons (Fsp3) is 0.219.